The van der Waals surface area contributed by atoms with E-state index in [0.29, 0.717) is 6.54 Å². The lowest BCUT2D eigenvalue weighted by Gasteiger charge is -2.13. The van der Waals surface area contributed by atoms with Crippen LogP contribution >= 0.6 is 0 Å². The number of hydrogen-bond donors (Lipinski definition) is 2. The standard InChI is InChI=1S/C16H21N5O4S/c1-12(22)18-16-19-14(11-21(16)26(24,25)20(2)3)9-15(23)17-10-13-7-5-4-6-8-13/h4-8,11H,9-10H2,1-3H3,(H,17,23)(H,18,19,22). The summed E-state index contributed by atoms with van der Waals surface area (Å²) < 4.78 is 26.5. The van der Waals surface area contributed by atoms with Gasteiger partial charge in [0.2, 0.25) is 17.8 Å². The van der Waals surface area contributed by atoms with Crippen LogP contribution in [-0.2, 0) is 32.8 Å². The molecule has 0 radical (unpaired) electrons. The fraction of sp³-hybridized carbons (Fsp3) is 0.312. The number of benzene rings is 1. The van der Waals surface area contributed by atoms with Crippen LogP contribution in [0.5, 0.6) is 0 Å². The Morgan fingerprint density at radius 3 is 2.42 bits per heavy atom. The van der Waals surface area contributed by atoms with Gasteiger partial charge < -0.3 is 5.32 Å². The fourth-order valence-corrected chi connectivity index (χ4v) is 3.02. The Morgan fingerprint density at radius 2 is 1.85 bits per heavy atom. The summed E-state index contributed by atoms with van der Waals surface area (Å²) in [5.41, 5.74) is 1.17. The Bertz CT molecular complexity index is 891. The molecule has 9 nitrogen and oxygen atoms in total. The summed E-state index contributed by atoms with van der Waals surface area (Å²) >= 11 is 0. The molecule has 0 atom stereocenters. The van der Waals surface area contributed by atoms with Crippen molar-refractivity contribution in [3.05, 3.63) is 47.8 Å². The maximum absolute atomic E-state index is 12.3. The van der Waals surface area contributed by atoms with Crippen molar-refractivity contribution in [2.45, 2.75) is 19.9 Å². The van der Waals surface area contributed by atoms with Crippen molar-refractivity contribution in [3.8, 4) is 0 Å². The molecule has 0 aliphatic rings. The molecule has 2 N–H and O–H groups in total. The fourth-order valence-electron chi connectivity index (χ4n) is 2.11. The van der Waals surface area contributed by atoms with Gasteiger partial charge in [-0.05, 0) is 5.56 Å². The van der Waals surface area contributed by atoms with E-state index in [4.69, 9.17) is 0 Å². The number of nitrogens with one attached hydrogen (secondary N) is 2. The summed E-state index contributed by atoms with van der Waals surface area (Å²) in [5, 5.41) is 5.10. The molecule has 140 valence electrons. The normalized spacial score (nSPS) is 11.4. The molecule has 0 fully saturated rings. The second-order valence-electron chi connectivity index (χ2n) is 5.76. The monoisotopic (exact) mass is 379 g/mol. The molecule has 1 aromatic heterocycles. The van der Waals surface area contributed by atoms with Crippen LogP contribution in [0.15, 0.2) is 36.5 Å². The van der Waals surface area contributed by atoms with Crippen LogP contribution in [0, 0.1) is 0 Å². The van der Waals surface area contributed by atoms with Crippen LogP contribution in [0.3, 0.4) is 0 Å². The van der Waals surface area contributed by atoms with Crippen LogP contribution in [0.2, 0.25) is 0 Å². The number of rotatable bonds is 7. The average Bonchev–Trinajstić information content (AvgIpc) is 2.96. The first-order valence-corrected chi connectivity index (χ1v) is 9.19. The maximum Gasteiger partial charge on any atom is 0.309 e. The van der Waals surface area contributed by atoms with E-state index < -0.39 is 16.1 Å². The highest BCUT2D eigenvalue weighted by atomic mass is 32.2. The molecule has 2 aromatic rings. The minimum Gasteiger partial charge on any atom is -0.352 e. The predicted molar refractivity (Wildman–Crippen MR) is 96.5 cm³/mol. The number of anilines is 1. The zero-order valence-electron chi connectivity index (χ0n) is 14.8. The third-order valence-electron chi connectivity index (χ3n) is 3.40. The summed E-state index contributed by atoms with van der Waals surface area (Å²) in [5.74, 6) is -0.932. The summed E-state index contributed by atoms with van der Waals surface area (Å²) in [6, 6.07) is 9.39. The molecule has 1 heterocycles. The van der Waals surface area contributed by atoms with Crippen molar-refractivity contribution >= 4 is 28.0 Å². The largest absolute Gasteiger partial charge is 0.352 e. The Kier molecular flexibility index (Phi) is 6.11. The van der Waals surface area contributed by atoms with Crippen molar-refractivity contribution < 1.29 is 18.0 Å². The summed E-state index contributed by atoms with van der Waals surface area (Å²) in [6.45, 7) is 1.60. The Balaban J connectivity index is 2.15. The van der Waals surface area contributed by atoms with Crippen LogP contribution < -0.4 is 10.6 Å². The van der Waals surface area contributed by atoms with Gasteiger partial charge in [-0.25, -0.2) is 4.98 Å². The van der Waals surface area contributed by atoms with Gasteiger partial charge in [-0.2, -0.15) is 16.7 Å². The number of nitrogens with zero attached hydrogens (tertiary/aromatic N) is 3. The lowest BCUT2D eigenvalue weighted by molar-refractivity contribution is -0.120. The molecule has 0 aliphatic heterocycles. The van der Waals surface area contributed by atoms with Gasteiger partial charge in [-0.15, -0.1) is 0 Å². The number of hydrogen-bond acceptors (Lipinski definition) is 5. The van der Waals surface area contributed by atoms with Crippen molar-refractivity contribution in [1.29, 1.82) is 0 Å². The molecule has 0 spiro atoms. The maximum atomic E-state index is 12.3. The highest BCUT2D eigenvalue weighted by Gasteiger charge is 2.23. The van der Waals surface area contributed by atoms with E-state index in [1.54, 1.807) is 0 Å². The lowest BCUT2D eigenvalue weighted by atomic mass is 10.2. The lowest BCUT2D eigenvalue weighted by Crippen LogP contribution is -2.30. The third-order valence-corrected chi connectivity index (χ3v) is 5.09. The number of imidazole rings is 1. The molecule has 10 heteroatoms. The molecule has 0 saturated heterocycles. The number of carbonyl (C=O) groups excluding carboxylic acids is 2. The average molecular weight is 379 g/mol. The van der Waals surface area contributed by atoms with Crippen molar-refractivity contribution in [1.82, 2.24) is 18.6 Å². The first-order chi connectivity index (χ1) is 12.2. The Hall–Kier alpha value is -2.72. The molecule has 26 heavy (non-hydrogen) atoms. The predicted octanol–water partition coefficient (Wildman–Crippen LogP) is 0.355. The van der Waals surface area contributed by atoms with Gasteiger partial charge in [0.15, 0.2) is 0 Å². The van der Waals surface area contributed by atoms with Gasteiger partial charge in [0.05, 0.1) is 12.1 Å². The van der Waals surface area contributed by atoms with E-state index in [-0.39, 0.29) is 24.0 Å². The highest BCUT2D eigenvalue weighted by Crippen LogP contribution is 2.15. The van der Waals surface area contributed by atoms with Gasteiger partial charge in [0, 0.05) is 33.8 Å². The molecular weight excluding hydrogens is 358 g/mol. The molecule has 0 aliphatic carbocycles. The van der Waals surface area contributed by atoms with E-state index in [1.165, 1.54) is 27.2 Å². The number of aromatic nitrogens is 2. The summed E-state index contributed by atoms with van der Waals surface area (Å²) in [6.07, 6.45) is 1.11. The van der Waals surface area contributed by atoms with Gasteiger partial charge in [0.1, 0.15) is 0 Å². The summed E-state index contributed by atoms with van der Waals surface area (Å²) in [7, 11) is -1.16. The van der Waals surface area contributed by atoms with Crippen LogP contribution in [-0.4, -0.2) is 47.6 Å². The number of amides is 2. The van der Waals surface area contributed by atoms with Crippen molar-refractivity contribution in [2.24, 2.45) is 0 Å². The zero-order chi connectivity index (χ0) is 19.3. The first kappa shape index (κ1) is 19.6. The van der Waals surface area contributed by atoms with E-state index >= 15 is 0 Å². The van der Waals surface area contributed by atoms with Crippen LogP contribution in [0.25, 0.3) is 0 Å². The third kappa shape index (κ3) is 4.90. The van der Waals surface area contributed by atoms with Crippen molar-refractivity contribution in [3.63, 3.8) is 0 Å². The molecule has 2 rings (SSSR count). The summed E-state index contributed by atoms with van der Waals surface area (Å²) in [4.78, 5) is 27.5. The highest BCUT2D eigenvalue weighted by molar-refractivity contribution is 7.87. The smallest absolute Gasteiger partial charge is 0.309 e. The second kappa shape index (κ2) is 8.11. The van der Waals surface area contributed by atoms with Gasteiger partial charge in [-0.3, -0.25) is 14.9 Å². The van der Waals surface area contributed by atoms with Gasteiger partial charge in [-0.1, -0.05) is 30.3 Å². The molecule has 1 aromatic carbocycles. The van der Waals surface area contributed by atoms with E-state index in [2.05, 4.69) is 15.6 Å². The molecular formula is C16H21N5O4S. The van der Waals surface area contributed by atoms with E-state index in [0.717, 1.165) is 13.8 Å². The molecule has 0 saturated carbocycles. The first-order valence-electron chi connectivity index (χ1n) is 7.79. The Morgan fingerprint density at radius 1 is 1.19 bits per heavy atom. The van der Waals surface area contributed by atoms with Crippen molar-refractivity contribution in [2.75, 3.05) is 19.4 Å². The molecule has 0 bridgehead atoms. The topological polar surface area (TPSA) is 113 Å². The van der Waals surface area contributed by atoms with Gasteiger partial charge >= 0.3 is 10.2 Å². The molecule has 0 unspecified atom stereocenters. The quantitative estimate of drug-likeness (QED) is 0.721. The second-order valence-corrected chi connectivity index (χ2v) is 7.78. The minimum absolute atomic E-state index is 0.116. The minimum atomic E-state index is -3.88. The SMILES string of the molecule is CC(=O)Nc1nc(CC(=O)NCc2ccccc2)cn1S(=O)(=O)N(C)C. The number of carbonyl (C=O) groups is 2. The van der Waals surface area contributed by atoms with E-state index in [1.807, 2.05) is 30.3 Å². The zero-order valence-corrected chi connectivity index (χ0v) is 15.6. The van der Waals surface area contributed by atoms with E-state index in [9.17, 15) is 18.0 Å². The van der Waals surface area contributed by atoms with Crippen LogP contribution in [0.4, 0.5) is 5.95 Å². The van der Waals surface area contributed by atoms with Gasteiger partial charge in [0.25, 0.3) is 0 Å². The molecule has 2 amide bonds. The van der Waals surface area contributed by atoms with Crippen LogP contribution in [0.1, 0.15) is 18.2 Å². The Labute approximate surface area is 152 Å².